The number of ether oxygens (including phenoxy) is 1. The molecule has 178 valence electrons. The standard InChI is InChI=1S/C25H28N4O4S/c1-17-15-28(16-18(2)33-17)34(31,32)22-12-10-20(11-13-22)26-25(30)24-14-23(19-8-9-19)27-29(24)21-6-4-3-5-7-21/h3-7,10-14,17-19H,8-9,15-16H2,1-2H3,(H,26,30)/t17-,18-/m0/s1. The summed E-state index contributed by atoms with van der Waals surface area (Å²) in [5.41, 5.74) is 2.70. The van der Waals surface area contributed by atoms with Crippen LogP contribution in [0.2, 0.25) is 0 Å². The van der Waals surface area contributed by atoms with Gasteiger partial charge < -0.3 is 10.1 Å². The molecule has 2 atom stereocenters. The quantitative estimate of drug-likeness (QED) is 0.579. The van der Waals surface area contributed by atoms with Crippen molar-refractivity contribution in [3.63, 3.8) is 0 Å². The van der Waals surface area contributed by atoms with Gasteiger partial charge in [-0.15, -0.1) is 0 Å². The highest BCUT2D eigenvalue weighted by Gasteiger charge is 2.32. The van der Waals surface area contributed by atoms with Crippen LogP contribution in [0.3, 0.4) is 0 Å². The van der Waals surface area contributed by atoms with Gasteiger partial charge >= 0.3 is 0 Å². The van der Waals surface area contributed by atoms with E-state index in [1.807, 2.05) is 50.2 Å². The Labute approximate surface area is 199 Å². The molecule has 1 aliphatic heterocycles. The van der Waals surface area contributed by atoms with E-state index < -0.39 is 10.0 Å². The summed E-state index contributed by atoms with van der Waals surface area (Å²) in [6.45, 7) is 4.37. The van der Waals surface area contributed by atoms with Crippen molar-refractivity contribution in [1.82, 2.24) is 14.1 Å². The zero-order valence-corrected chi connectivity index (χ0v) is 20.0. The first kappa shape index (κ1) is 22.8. The van der Waals surface area contributed by atoms with Crippen molar-refractivity contribution in [1.29, 1.82) is 0 Å². The number of anilines is 1. The summed E-state index contributed by atoms with van der Waals surface area (Å²) in [5.74, 6) is 0.112. The maximum absolute atomic E-state index is 13.2. The van der Waals surface area contributed by atoms with Gasteiger partial charge in [0.15, 0.2) is 0 Å². The van der Waals surface area contributed by atoms with Crippen LogP contribution in [0.15, 0.2) is 65.6 Å². The van der Waals surface area contributed by atoms with Crippen LogP contribution in [-0.2, 0) is 14.8 Å². The van der Waals surface area contributed by atoms with Crippen molar-refractivity contribution in [2.45, 2.75) is 49.7 Å². The van der Waals surface area contributed by atoms with E-state index in [0.29, 0.717) is 30.4 Å². The molecule has 9 heteroatoms. The number of nitrogens with one attached hydrogen (secondary N) is 1. The minimum absolute atomic E-state index is 0.160. The Morgan fingerprint density at radius 2 is 1.65 bits per heavy atom. The van der Waals surface area contributed by atoms with Gasteiger partial charge in [0.2, 0.25) is 10.0 Å². The number of amides is 1. The smallest absolute Gasteiger partial charge is 0.274 e. The normalized spacial score (nSPS) is 21.4. The van der Waals surface area contributed by atoms with E-state index in [2.05, 4.69) is 10.4 Å². The first-order chi connectivity index (χ1) is 16.3. The van der Waals surface area contributed by atoms with Crippen molar-refractivity contribution in [3.8, 4) is 5.69 Å². The van der Waals surface area contributed by atoms with Crippen LogP contribution in [0.25, 0.3) is 5.69 Å². The monoisotopic (exact) mass is 480 g/mol. The van der Waals surface area contributed by atoms with Gasteiger partial charge in [-0.3, -0.25) is 4.79 Å². The number of hydrogen-bond acceptors (Lipinski definition) is 5. The Morgan fingerprint density at radius 3 is 2.26 bits per heavy atom. The average molecular weight is 481 g/mol. The molecule has 1 saturated heterocycles. The highest BCUT2D eigenvalue weighted by Crippen LogP contribution is 2.39. The number of benzene rings is 2. The lowest BCUT2D eigenvalue weighted by atomic mass is 10.2. The third-order valence-corrected chi connectivity index (χ3v) is 7.94. The molecular weight excluding hydrogens is 452 g/mol. The highest BCUT2D eigenvalue weighted by atomic mass is 32.2. The molecule has 1 N–H and O–H groups in total. The molecular formula is C25H28N4O4S. The molecule has 3 aromatic rings. The maximum atomic E-state index is 13.2. The molecule has 1 aliphatic carbocycles. The van der Waals surface area contributed by atoms with Crippen molar-refractivity contribution in [2.24, 2.45) is 0 Å². The van der Waals surface area contributed by atoms with Gasteiger partial charge in [0.05, 0.1) is 28.5 Å². The molecule has 2 fully saturated rings. The van der Waals surface area contributed by atoms with Crippen LogP contribution in [0.4, 0.5) is 5.69 Å². The minimum Gasteiger partial charge on any atom is -0.373 e. The molecule has 0 spiro atoms. The zero-order chi connectivity index (χ0) is 23.9. The lowest BCUT2D eigenvalue weighted by Crippen LogP contribution is -2.48. The summed E-state index contributed by atoms with van der Waals surface area (Å²) < 4.78 is 34.9. The van der Waals surface area contributed by atoms with Crippen LogP contribution in [0.1, 0.15) is 48.8 Å². The zero-order valence-electron chi connectivity index (χ0n) is 19.2. The number of hydrogen-bond donors (Lipinski definition) is 1. The second-order valence-electron chi connectivity index (χ2n) is 9.03. The summed E-state index contributed by atoms with van der Waals surface area (Å²) in [5, 5.41) is 7.56. The molecule has 5 rings (SSSR count). The molecule has 0 bridgehead atoms. The third-order valence-electron chi connectivity index (χ3n) is 6.09. The van der Waals surface area contributed by atoms with E-state index in [0.717, 1.165) is 24.2 Å². The predicted molar refractivity (Wildman–Crippen MR) is 129 cm³/mol. The second kappa shape index (κ2) is 8.98. The van der Waals surface area contributed by atoms with Gasteiger partial charge in [0, 0.05) is 24.7 Å². The molecule has 2 aliphatic rings. The van der Waals surface area contributed by atoms with Crippen molar-refractivity contribution in [3.05, 3.63) is 72.1 Å². The van der Waals surface area contributed by atoms with Crippen LogP contribution >= 0.6 is 0 Å². The number of morpholine rings is 1. The van der Waals surface area contributed by atoms with Crippen molar-refractivity contribution in [2.75, 3.05) is 18.4 Å². The molecule has 1 aromatic heterocycles. The molecule has 1 amide bonds. The number of aromatic nitrogens is 2. The topological polar surface area (TPSA) is 93.5 Å². The van der Waals surface area contributed by atoms with Gasteiger partial charge in [-0.25, -0.2) is 13.1 Å². The van der Waals surface area contributed by atoms with Gasteiger partial charge in [0.25, 0.3) is 5.91 Å². The van der Waals surface area contributed by atoms with Crippen LogP contribution in [0, 0.1) is 0 Å². The summed E-state index contributed by atoms with van der Waals surface area (Å²) in [7, 11) is -3.64. The minimum atomic E-state index is -3.64. The highest BCUT2D eigenvalue weighted by molar-refractivity contribution is 7.89. The number of carbonyl (C=O) groups excluding carboxylic acids is 1. The Balaban J connectivity index is 1.35. The van der Waals surface area contributed by atoms with Crippen LogP contribution in [0.5, 0.6) is 0 Å². The van der Waals surface area contributed by atoms with Crippen LogP contribution < -0.4 is 5.32 Å². The number of carbonyl (C=O) groups is 1. The van der Waals surface area contributed by atoms with Crippen LogP contribution in [-0.4, -0.2) is 53.7 Å². The van der Waals surface area contributed by atoms with E-state index in [9.17, 15) is 13.2 Å². The molecule has 2 aromatic carbocycles. The van der Waals surface area contributed by atoms with E-state index in [-0.39, 0.29) is 23.0 Å². The fourth-order valence-electron chi connectivity index (χ4n) is 4.29. The SMILES string of the molecule is C[C@H]1CN(S(=O)(=O)c2ccc(NC(=O)c3cc(C4CC4)nn3-c3ccccc3)cc2)C[C@H](C)O1. The lowest BCUT2D eigenvalue weighted by molar-refractivity contribution is -0.0440. The summed E-state index contributed by atoms with van der Waals surface area (Å²) in [4.78, 5) is 13.3. The van der Waals surface area contributed by atoms with Gasteiger partial charge in [0.1, 0.15) is 5.69 Å². The van der Waals surface area contributed by atoms with Gasteiger partial charge in [-0.05, 0) is 69.2 Å². The summed E-state index contributed by atoms with van der Waals surface area (Å²) in [6, 6.07) is 17.7. The summed E-state index contributed by atoms with van der Waals surface area (Å²) in [6.07, 6.45) is 1.85. The summed E-state index contributed by atoms with van der Waals surface area (Å²) >= 11 is 0. The predicted octanol–water partition coefficient (Wildman–Crippen LogP) is 3.80. The van der Waals surface area contributed by atoms with E-state index in [1.54, 1.807) is 16.8 Å². The molecule has 1 saturated carbocycles. The fraction of sp³-hybridized carbons (Fsp3) is 0.360. The lowest BCUT2D eigenvalue weighted by Gasteiger charge is -2.34. The largest absolute Gasteiger partial charge is 0.373 e. The first-order valence-corrected chi connectivity index (χ1v) is 13.0. The van der Waals surface area contributed by atoms with Gasteiger partial charge in [-0.1, -0.05) is 18.2 Å². The Kier molecular flexibility index (Phi) is 6.01. The average Bonchev–Trinajstić information content (AvgIpc) is 3.57. The van der Waals surface area contributed by atoms with Crippen molar-refractivity contribution < 1.29 is 17.9 Å². The van der Waals surface area contributed by atoms with E-state index in [4.69, 9.17) is 4.74 Å². The van der Waals surface area contributed by atoms with Gasteiger partial charge in [-0.2, -0.15) is 9.40 Å². The Morgan fingerprint density at radius 1 is 1.00 bits per heavy atom. The number of nitrogens with zero attached hydrogens (tertiary/aromatic N) is 3. The maximum Gasteiger partial charge on any atom is 0.274 e. The fourth-order valence-corrected chi connectivity index (χ4v) is 5.88. The Hall–Kier alpha value is -3.01. The number of sulfonamides is 1. The molecule has 8 nitrogen and oxygen atoms in total. The molecule has 2 heterocycles. The number of rotatable bonds is 6. The molecule has 0 radical (unpaired) electrons. The van der Waals surface area contributed by atoms with E-state index in [1.165, 1.54) is 16.4 Å². The Bertz CT molecular complexity index is 1270. The molecule has 34 heavy (non-hydrogen) atoms. The van der Waals surface area contributed by atoms with Crippen molar-refractivity contribution >= 4 is 21.6 Å². The number of para-hydroxylation sites is 1. The first-order valence-electron chi connectivity index (χ1n) is 11.5. The van der Waals surface area contributed by atoms with E-state index >= 15 is 0 Å². The third kappa shape index (κ3) is 4.64. The molecule has 0 unspecified atom stereocenters. The second-order valence-corrected chi connectivity index (χ2v) is 11.0.